The van der Waals surface area contributed by atoms with Crippen LogP contribution in [0.2, 0.25) is 0 Å². The number of ether oxygens (including phenoxy) is 8. The number of rotatable bonds is 88. The molecule has 1 fully saturated rings. The second-order valence-electron chi connectivity index (χ2n) is 34.9. The Kier molecular flexibility index (Phi) is 120. The molecule has 4 N–H and O–H groups in total. The van der Waals surface area contributed by atoms with Gasteiger partial charge in [0.25, 0.3) is 0 Å². The quantitative estimate of drug-likeness (QED) is 0.0144. The van der Waals surface area contributed by atoms with Crippen LogP contribution in [-0.2, 0) is 100 Å². The monoisotopic (exact) mass is 1910 g/mol. The number of carboxylic acids is 1. The molecule has 1 saturated heterocycles. The zero-order valence-electron chi connectivity index (χ0n) is 85.4. The van der Waals surface area contributed by atoms with Crippen LogP contribution in [0, 0.1) is 0 Å². The van der Waals surface area contributed by atoms with E-state index in [9.17, 15) is 67.4 Å². The number of aliphatic hydroxyl groups is 3. The minimum absolute atomic E-state index is 0.110. The number of carbonyl (C=O) groups excluding carboxylic acids is 12. The number of hydrogen-bond donors (Lipinski definition) is 4. The molecule has 778 valence electrons. The highest BCUT2D eigenvalue weighted by molar-refractivity contribution is 6.63. The molecule has 1 aliphatic rings. The largest absolute Gasteiger partial charge is 0.481 e. The summed E-state index contributed by atoms with van der Waals surface area (Å²) in [6.07, 6.45) is 75.7. The molecule has 0 atom stereocenters. The van der Waals surface area contributed by atoms with Crippen LogP contribution in [0.25, 0.3) is 0 Å². The van der Waals surface area contributed by atoms with E-state index in [0.29, 0.717) is 32.1 Å². The summed E-state index contributed by atoms with van der Waals surface area (Å²) in [6, 6.07) is 0. The molecular weight excluding hydrogens is 1710 g/mol. The number of halogens is 1. The van der Waals surface area contributed by atoms with E-state index in [4.69, 9.17) is 60.1 Å². The number of esters is 9. The van der Waals surface area contributed by atoms with Crippen LogP contribution in [0.5, 0.6) is 0 Å². The predicted octanol–water partition coefficient (Wildman–Crippen LogP) is 26.5. The maximum absolute atomic E-state index is 12.1. The molecule has 0 amide bonds. The van der Waals surface area contributed by atoms with Gasteiger partial charge in [-0.2, -0.15) is 0 Å². The van der Waals surface area contributed by atoms with Gasteiger partial charge < -0.3 is 58.3 Å². The van der Waals surface area contributed by atoms with Crippen molar-refractivity contribution in [3.05, 3.63) is 0 Å². The molecule has 1 rings (SSSR count). The number of aliphatic hydroxyl groups excluding tert-OH is 3. The Balaban J connectivity index is -0.000000391. The zero-order chi connectivity index (χ0) is 99.3. The van der Waals surface area contributed by atoms with Crippen molar-refractivity contribution in [2.45, 2.75) is 550 Å². The van der Waals surface area contributed by atoms with E-state index < -0.39 is 55.1 Å². The fourth-order valence-electron chi connectivity index (χ4n) is 13.7. The summed E-state index contributed by atoms with van der Waals surface area (Å²) in [7, 11) is 0. The van der Waals surface area contributed by atoms with Gasteiger partial charge in [-0.25, -0.2) is 0 Å². The number of aliphatic carboxylic acids is 1. The molecule has 0 aromatic heterocycles. The summed E-state index contributed by atoms with van der Waals surface area (Å²) in [5, 5.41) is 34.1. The van der Waals surface area contributed by atoms with E-state index in [1.807, 2.05) is 13.8 Å². The lowest BCUT2D eigenvalue weighted by atomic mass is 10.1. The van der Waals surface area contributed by atoms with Crippen LogP contribution in [0.3, 0.4) is 0 Å². The van der Waals surface area contributed by atoms with E-state index in [2.05, 4.69) is 53.2 Å². The maximum atomic E-state index is 12.1. The number of hydrogen-bond acceptors (Lipinski definition) is 24. The molecular formula is C106H197ClO25. The van der Waals surface area contributed by atoms with Crippen molar-refractivity contribution in [2.75, 3.05) is 52.9 Å². The van der Waals surface area contributed by atoms with E-state index in [-0.39, 0.29) is 125 Å². The third kappa shape index (κ3) is 124. The molecule has 0 spiro atoms. The summed E-state index contributed by atoms with van der Waals surface area (Å²) in [4.78, 5) is 146. The lowest BCUT2D eigenvalue weighted by Gasteiger charge is -2.18. The summed E-state index contributed by atoms with van der Waals surface area (Å²) in [6.45, 7) is 17.2. The molecule has 26 heteroatoms. The minimum atomic E-state index is -1.11. The van der Waals surface area contributed by atoms with Gasteiger partial charge in [-0.3, -0.25) is 62.3 Å². The second-order valence-corrected chi connectivity index (χ2v) is 35.3. The molecule has 132 heavy (non-hydrogen) atoms. The first-order valence-corrected chi connectivity index (χ1v) is 53.5. The van der Waals surface area contributed by atoms with Gasteiger partial charge in [0, 0.05) is 44.9 Å². The van der Waals surface area contributed by atoms with Crippen molar-refractivity contribution in [1.82, 2.24) is 0 Å². The van der Waals surface area contributed by atoms with E-state index in [1.165, 1.54) is 276 Å². The van der Waals surface area contributed by atoms with Gasteiger partial charge in [0.05, 0.1) is 25.7 Å². The Hall–Kier alpha value is -5.92. The van der Waals surface area contributed by atoms with E-state index in [0.717, 1.165) is 128 Å². The molecule has 0 aromatic rings. The normalized spacial score (nSPS) is 11.1. The van der Waals surface area contributed by atoms with Crippen LogP contribution in [-0.4, -0.2) is 162 Å². The SMILES string of the molecule is CC.CCCCCCCCCCCC(=O)Cl.CCCCCCCCCCCC(=O)OCC(=O)COC(=O)CCCCCCCCCCC.CCCCCCCCCCCC(=O)OCC(COC(=O)CCCCCCCCCCC)OC(=O)CCC(=O)O.CCCCCCCCCCCC(=O)OCC(O)COC(=O)CCCCCCCCCCC.O=C(CO)CO.O=C1CCC(=O)O1. The smallest absolute Gasteiger partial charge is 0.314 e. The molecule has 0 radical (unpaired) electrons. The Bertz CT molecular complexity index is 2500. The highest BCUT2D eigenvalue weighted by Crippen LogP contribution is 2.19. The maximum Gasteiger partial charge on any atom is 0.314 e. The summed E-state index contributed by atoms with van der Waals surface area (Å²) < 4.78 is 40.0. The summed E-state index contributed by atoms with van der Waals surface area (Å²) in [5.74, 6) is -5.58. The molecule has 0 aromatic carbocycles. The number of Topliss-reactive ketones (excluding diaryl/α,β-unsaturated/α-hetero) is 2. The van der Waals surface area contributed by atoms with Crippen LogP contribution in [0.15, 0.2) is 0 Å². The van der Waals surface area contributed by atoms with Crippen molar-refractivity contribution in [3.8, 4) is 0 Å². The Morgan fingerprint density at radius 2 is 0.470 bits per heavy atom. The Morgan fingerprint density at radius 3 is 0.652 bits per heavy atom. The standard InChI is InChI=1S/C31H56O8.C27H52O5.C27H50O5.C12H23ClO.C4H4O3.C3H6O3.C2H6/c1-3-5-7-9-11-13-15-17-19-21-29(34)37-25-27(39-31(36)24-23-28(32)33)26-38-30(35)22-20-18-16-14-12-10-8-6-4-2;2*1-3-5-7-9-11-13-15-17-19-21-26(29)31-23-25(28)24-32-27(30)22-20-18-16-14-12-10-8-6-4-2;1-2-3-4-5-6-7-8-9-10-11-12(13)14;5-3-1-2-4(6)7-3;4-1-3(6)2-5;1-2/h27H,3-26H2,1-2H3,(H,32,33);25,28H,3-24H2,1-2H3;3-24H2,1-2H3;2-11H2,1H3;1-2H2;4-5H,1-2H2;1-2H3. The van der Waals surface area contributed by atoms with Gasteiger partial charge in [0.1, 0.15) is 45.7 Å². The zero-order valence-corrected chi connectivity index (χ0v) is 86.1. The van der Waals surface area contributed by atoms with Crippen LogP contribution < -0.4 is 0 Å². The van der Waals surface area contributed by atoms with E-state index >= 15 is 0 Å². The fraction of sp³-hybridized carbons (Fsp3) is 0.877. The number of cyclic esters (lactones) is 2. The molecule has 0 saturated carbocycles. The predicted molar refractivity (Wildman–Crippen MR) is 528 cm³/mol. The molecule has 1 heterocycles. The average molecular weight is 1910 g/mol. The van der Waals surface area contributed by atoms with Crippen LogP contribution in [0.4, 0.5) is 0 Å². The van der Waals surface area contributed by atoms with Gasteiger partial charge in [-0.1, -0.05) is 422 Å². The van der Waals surface area contributed by atoms with Gasteiger partial charge in [-0.15, -0.1) is 0 Å². The number of carbonyl (C=O) groups is 13. The number of ketones is 2. The minimum Gasteiger partial charge on any atom is -0.481 e. The highest BCUT2D eigenvalue weighted by atomic mass is 35.5. The van der Waals surface area contributed by atoms with Gasteiger partial charge in [0.15, 0.2) is 25.1 Å². The summed E-state index contributed by atoms with van der Waals surface area (Å²) in [5.41, 5.74) is 0. The van der Waals surface area contributed by atoms with Crippen molar-refractivity contribution >= 4 is 88.1 Å². The van der Waals surface area contributed by atoms with E-state index in [1.54, 1.807) is 0 Å². The van der Waals surface area contributed by atoms with Crippen molar-refractivity contribution in [1.29, 1.82) is 0 Å². The second kappa shape index (κ2) is 116. The lowest BCUT2D eigenvalue weighted by molar-refractivity contribution is -0.167. The first kappa shape index (κ1) is 137. The lowest BCUT2D eigenvalue weighted by Crippen LogP contribution is -2.31. The van der Waals surface area contributed by atoms with Crippen LogP contribution in [0.1, 0.15) is 537 Å². The van der Waals surface area contributed by atoms with Crippen LogP contribution >= 0.6 is 11.6 Å². The average Bonchev–Trinajstić information content (AvgIpc) is 1.93. The summed E-state index contributed by atoms with van der Waals surface area (Å²) >= 11 is 5.24. The Labute approximate surface area is 807 Å². The molecule has 0 bridgehead atoms. The Morgan fingerprint density at radius 1 is 0.273 bits per heavy atom. The van der Waals surface area contributed by atoms with Gasteiger partial charge >= 0.3 is 59.7 Å². The third-order valence-electron chi connectivity index (χ3n) is 21.9. The first-order valence-electron chi connectivity index (χ1n) is 53.1. The number of carboxylic acid groups (broad SMARTS) is 1. The molecule has 1 aliphatic heterocycles. The van der Waals surface area contributed by atoms with Crippen molar-refractivity contribution < 1.29 is 121 Å². The van der Waals surface area contributed by atoms with Gasteiger partial charge in [0.2, 0.25) is 11.0 Å². The molecule has 0 aliphatic carbocycles. The van der Waals surface area contributed by atoms with Crippen molar-refractivity contribution in [2.24, 2.45) is 0 Å². The highest BCUT2D eigenvalue weighted by Gasteiger charge is 2.22. The fourth-order valence-corrected chi connectivity index (χ4v) is 13.8. The molecule has 0 unspecified atom stereocenters. The number of unbranched alkanes of at least 4 members (excludes halogenated alkanes) is 56. The topological polar surface area (TPSA) is 377 Å². The first-order chi connectivity index (χ1) is 63.9. The third-order valence-corrected chi connectivity index (χ3v) is 22.0. The van der Waals surface area contributed by atoms with Gasteiger partial charge in [-0.05, 0) is 56.5 Å². The van der Waals surface area contributed by atoms with Crippen molar-refractivity contribution in [3.63, 3.8) is 0 Å². The molecule has 25 nitrogen and oxygen atoms in total.